The predicted molar refractivity (Wildman–Crippen MR) is 70.2 cm³/mol. The Morgan fingerprint density at radius 3 is 2.53 bits per heavy atom. The van der Waals surface area contributed by atoms with Gasteiger partial charge in [-0.05, 0) is 37.0 Å². The summed E-state index contributed by atoms with van der Waals surface area (Å²) in [5.74, 6) is -0.402. The fourth-order valence-corrected chi connectivity index (χ4v) is 2.04. The van der Waals surface area contributed by atoms with Crippen LogP contribution in [-0.4, -0.2) is 16.2 Å². The Morgan fingerprint density at radius 2 is 1.88 bits per heavy atom. The van der Waals surface area contributed by atoms with Crippen molar-refractivity contribution in [2.75, 3.05) is 0 Å². The highest BCUT2D eigenvalue weighted by molar-refractivity contribution is 9.10. The minimum absolute atomic E-state index is 0.254. The van der Waals surface area contributed by atoms with Crippen LogP contribution in [0.25, 0.3) is 0 Å². The Kier molecular flexibility index (Phi) is 6.05. The standard InChI is InChI=1S/C13H17BrO3/c14-11-8-7-10(12(15)9-11)5-3-1-2-4-6-13(16)17/h7-9,15H,1-6H2,(H,16,17). The molecule has 1 rings (SSSR count). The predicted octanol–water partition coefficient (Wildman–Crippen LogP) is 3.73. The molecule has 0 saturated carbocycles. The van der Waals surface area contributed by atoms with Crippen LogP contribution in [-0.2, 0) is 11.2 Å². The Morgan fingerprint density at radius 1 is 1.18 bits per heavy atom. The van der Waals surface area contributed by atoms with Crippen LogP contribution in [0, 0.1) is 0 Å². The third-order valence-electron chi connectivity index (χ3n) is 2.63. The van der Waals surface area contributed by atoms with Gasteiger partial charge in [-0.15, -0.1) is 0 Å². The van der Waals surface area contributed by atoms with E-state index in [1.165, 1.54) is 0 Å². The Labute approximate surface area is 110 Å². The van der Waals surface area contributed by atoms with Crippen molar-refractivity contribution in [2.45, 2.75) is 38.5 Å². The summed E-state index contributed by atoms with van der Waals surface area (Å²) >= 11 is 3.30. The van der Waals surface area contributed by atoms with Gasteiger partial charge < -0.3 is 10.2 Å². The maximum Gasteiger partial charge on any atom is 0.303 e. The summed E-state index contributed by atoms with van der Waals surface area (Å²) in [7, 11) is 0. The molecule has 0 heterocycles. The molecule has 1 aromatic carbocycles. The van der Waals surface area contributed by atoms with Crippen LogP contribution in [0.4, 0.5) is 0 Å². The van der Waals surface area contributed by atoms with Crippen LogP contribution in [0.5, 0.6) is 5.75 Å². The van der Waals surface area contributed by atoms with Gasteiger partial charge in [0.05, 0.1) is 0 Å². The molecule has 1 aromatic rings. The Balaban J connectivity index is 2.20. The molecule has 0 aliphatic heterocycles. The molecule has 0 aliphatic carbocycles. The van der Waals surface area contributed by atoms with Crippen LogP contribution in [0.15, 0.2) is 22.7 Å². The summed E-state index contributed by atoms with van der Waals surface area (Å²) in [5, 5.41) is 18.1. The van der Waals surface area contributed by atoms with Gasteiger partial charge >= 0.3 is 5.97 Å². The topological polar surface area (TPSA) is 57.5 Å². The number of carbonyl (C=O) groups is 1. The minimum Gasteiger partial charge on any atom is -0.508 e. The van der Waals surface area contributed by atoms with Crippen LogP contribution in [0.1, 0.15) is 37.7 Å². The number of halogens is 1. The zero-order valence-electron chi connectivity index (χ0n) is 9.66. The average Bonchev–Trinajstić information content (AvgIpc) is 2.25. The van der Waals surface area contributed by atoms with E-state index >= 15 is 0 Å². The maximum atomic E-state index is 10.3. The van der Waals surface area contributed by atoms with Gasteiger partial charge in [0, 0.05) is 10.9 Å². The van der Waals surface area contributed by atoms with Crippen molar-refractivity contribution in [3.63, 3.8) is 0 Å². The molecule has 0 spiro atoms. The van der Waals surface area contributed by atoms with Gasteiger partial charge in [0.2, 0.25) is 0 Å². The molecule has 94 valence electrons. The summed E-state index contributed by atoms with van der Waals surface area (Å²) in [4.78, 5) is 10.3. The Bertz CT molecular complexity index is 377. The molecule has 0 aliphatic rings. The first kappa shape index (κ1) is 14.0. The van der Waals surface area contributed by atoms with Gasteiger partial charge in [-0.2, -0.15) is 0 Å². The van der Waals surface area contributed by atoms with E-state index in [1.54, 1.807) is 6.07 Å². The number of carboxylic acid groups (broad SMARTS) is 1. The van der Waals surface area contributed by atoms with Crippen LogP contribution in [0.3, 0.4) is 0 Å². The number of phenols is 1. The van der Waals surface area contributed by atoms with Gasteiger partial charge in [-0.3, -0.25) is 4.79 Å². The lowest BCUT2D eigenvalue weighted by molar-refractivity contribution is -0.137. The number of aliphatic carboxylic acids is 1. The molecule has 0 aromatic heterocycles. The van der Waals surface area contributed by atoms with Crippen LogP contribution < -0.4 is 0 Å². The Hall–Kier alpha value is -1.03. The first-order valence-electron chi connectivity index (χ1n) is 5.79. The highest BCUT2D eigenvalue weighted by Crippen LogP contribution is 2.23. The van der Waals surface area contributed by atoms with Gasteiger partial charge in [-0.1, -0.05) is 34.8 Å². The molecule has 2 N–H and O–H groups in total. The highest BCUT2D eigenvalue weighted by atomic mass is 79.9. The first-order valence-corrected chi connectivity index (χ1v) is 6.58. The van der Waals surface area contributed by atoms with Crippen LogP contribution in [0.2, 0.25) is 0 Å². The third-order valence-corrected chi connectivity index (χ3v) is 3.13. The molecule has 0 fully saturated rings. The van der Waals surface area contributed by atoms with Gasteiger partial charge in [-0.25, -0.2) is 0 Å². The van der Waals surface area contributed by atoms with Gasteiger partial charge in [0.25, 0.3) is 0 Å². The lowest BCUT2D eigenvalue weighted by Crippen LogP contribution is -1.94. The van der Waals surface area contributed by atoms with Crippen molar-refractivity contribution in [1.29, 1.82) is 0 Å². The lowest BCUT2D eigenvalue weighted by Gasteiger charge is -2.04. The van der Waals surface area contributed by atoms with Gasteiger partial charge in [0.15, 0.2) is 0 Å². The number of carboxylic acids is 1. The minimum atomic E-state index is -0.726. The summed E-state index contributed by atoms with van der Waals surface area (Å²) in [6.45, 7) is 0. The zero-order valence-corrected chi connectivity index (χ0v) is 11.2. The molecule has 0 bridgehead atoms. The second kappa shape index (κ2) is 7.33. The van der Waals surface area contributed by atoms with Crippen molar-refractivity contribution in [3.8, 4) is 5.75 Å². The van der Waals surface area contributed by atoms with E-state index < -0.39 is 5.97 Å². The van der Waals surface area contributed by atoms with E-state index in [2.05, 4.69) is 15.9 Å². The second-order valence-electron chi connectivity index (χ2n) is 4.08. The van der Waals surface area contributed by atoms with Crippen molar-refractivity contribution in [3.05, 3.63) is 28.2 Å². The average molecular weight is 301 g/mol. The molecule has 0 saturated heterocycles. The van der Waals surface area contributed by atoms with Crippen molar-refractivity contribution < 1.29 is 15.0 Å². The molecule has 3 nitrogen and oxygen atoms in total. The van der Waals surface area contributed by atoms with E-state index in [9.17, 15) is 9.90 Å². The number of aromatic hydroxyl groups is 1. The van der Waals surface area contributed by atoms with Crippen molar-refractivity contribution >= 4 is 21.9 Å². The second-order valence-corrected chi connectivity index (χ2v) is 5.00. The SMILES string of the molecule is O=C(O)CCCCCCc1ccc(Br)cc1O. The summed E-state index contributed by atoms with van der Waals surface area (Å²) in [6.07, 6.45) is 4.75. The molecule has 0 amide bonds. The number of hydrogen-bond acceptors (Lipinski definition) is 2. The fourth-order valence-electron chi connectivity index (χ4n) is 1.69. The largest absolute Gasteiger partial charge is 0.508 e. The lowest BCUT2D eigenvalue weighted by atomic mass is 10.0. The molecule has 17 heavy (non-hydrogen) atoms. The number of benzene rings is 1. The molecule has 0 radical (unpaired) electrons. The van der Waals surface area contributed by atoms with E-state index in [0.717, 1.165) is 42.1 Å². The van der Waals surface area contributed by atoms with E-state index in [4.69, 9.17) is 5.11 Å². The molecule has 4 heteroatoms. The quantitative estimate of drug-likeness (QED) is 0.754. The summed E-state index contributed by atoms with van der Waals surface area (Å²) in [5.41, 5.74) is 0.950. The number of aryl methyl sites for hydroxylation is 1. The van der Waals surface area contributed by atoms with Crippen molar-refractivity contribution in [1.82, 2.24) is 0 Å². The molecular weight excluding hydrogens is 284 g/mol. The monoisotopic (exact) mass is 300 g/mol. The number of hydrogen-bond donors (Lipinski definition) is 2. The summed E-state index contributed by atoms with van der Waals surface area (Å²) < 4.78 is 0.875. The first-order chi connectivity index (χ1) is 8.09. The number of rotatable bonds is 7. The van der Waals surface area contributed by atoms with Crippen LogP contribution >= 0.6 is 15.9 Å². The maximum absolute atomic E-state index is 10.3. The molecule has 0 unspecified atom stereocenters. The zero-order chi connectivity index (χ0) is 12.7. The fraction of sp³-hybridized carbons (Fsp3) is 0.462. The molecular formula is C13H17BrO3. The smallest absolute Gasteiger partial charge is 0.303 e. The molecule has 0 atom stereocenters. The van der Waals surface area contributed by atoms with Gasteiger partial charge in [0.1, 0.15) is 5.75 Å². The van der Waals surface area contributed by atoms with Crippen molar-refractivity contribution in [2.24, 2.45) is 0 Å². The van der Waals surface area contributed by atoms with E-state index in [-0.39, 0.29) is 6.42 Å². The third kappa shape index (κ3) is 5.73. The normalized spacial score (nSPS) is 10.4. The number of phenolic OH excluding ortho intramolecular Hbond substituents is 1. The number of unbranched alkanes of at least 4 members (excludes halogenated alkanes) is 3. The van der Waals surface area contributed by atoms with E-state index in [1.807, 2.05) is 12.1 Å². The highest BCUT2D eigenvalue weighted by Gasteiger charge is 2.02. The van der Waals surface area contributed by atoms with E-state index in [0.29, 0.717) is 5.75 Å². The summed E-state index contributed by atoms with van der Waals surface area (Å²) in [6, 6.07) is 5.52.